The maximum atomic E-state index is 13.6. The fourth-order valence-electron chi connectivity index (χ4n) is 5.06. The number of nitrogens with zero attached hydrogens (tertiary/aromatic N) is 2. The lowest BCUT2D eigenvalue weighted by atomic mass is 9.98. The zero-order valence-electron chi connectivity index (χ0n) is 23.2. The third kappa shape index (κ3) is 5.65. The van der Waals surface area contributed by atoms with Crippen molar-refractivity contribution in [2.24, 2.45) is 0 Å². The second-order valence-electron chi connectivity index (χ2n) is 10.9. The van der Waals surface area contributed by atoms with Crippen LogP contribution in [0.4, 0.5) is 4.79 Å². The fraction of sp³-hybridized carbons (Fsp3) is 0.429. The van der Waals surface area contributed by atoms with E-state index in [1.165, 1.54) is 17.7 Å². The van der Waals surface area contributed by atoms with Gasteiger partial charge < -0.3 is 23.7 Å². The Morgan fingerprint density at radius 3 is 2.50 bits per heavy atom. The first kappa shape index (κ1) is 27.9. The highest BCUT2D eigenvalue weighted by Gasteiger charge is 2.34. The van der Waals surface area contributed by atoms with Crippen LogP contribution in [0.25, 0.3) is 22.2 Å². The lowest BCUT2D eigenvalue weighted by Gasteiger charge is -2.26. The molecule has 0 spiro atoms. The largest absolute Gasteiger partial charge is 0.493 e. The van der Waals surface area contributed by atoms with Crippen molar-refractivity contribution in [3.05, 3.63) is 47.0 Å². The van der Waals surface area contributed by atoms with E-state index in [2.05, 4.69) is 10.2 Å². The number of nitrogens with one attached hydrogen (secondary N) is 1. The maximum absolute atomic E-state index is 13.6. The van der Waals surface area contributed by atoms with Gasteiger partial charge in [-0.1, -0.05) is 6.07 Å². The Morgan fingerprint density at radius 2 is 1.85 bits per heavy atom. The molecular formula is C28H33N3O8S. The van der Waals surface area contributed by atoms with Gasteiger partial charge in [-0.3, -0.25) is 9.69 Å². The average Bonchev–Trinajstić information content (AvgIpc) is 3.44. The standard InChI is InChI=1S/C28H33N3O8S/c1-28(2,3)38-27(33)31-21-7-6-17(16-30-8-10-37-11-9-30)12-18(21)13-22(31)19-14-23(36-4)25(39-40(5,34)35)20-15-29-26(32)24(19)20/h6-7,12-14H,8-11,15-16H2,1-5H3,(H,29,32). The van der Waals surface area contributed by atoms with E-state index in [9.17, 15) is 18.0 Å². The molecule has 0 saturated carbocycles. The molecule has 2 aliphatic rings. The van der Waals surface area contributed by atoms with Gasteiger partial charge in [-0.05, 0) is 50.6 Å². The van der Waals surface area contributed by atoms with Gasteiger partial charge in [0.2, 0.25) is 0 Å². The van der Waals surface area contributed by atoms with E-state index >= 15 is 0 Å². The molecule has 1 fully saturated rings. The predicted molar refractivity (Wildman–Crippen MR) is 148 cm³/mol. The van der Waals surface area contributed by atoms with Crippen molar-refractivity contribution in [2.45, 2.75) is 39.5 Å². The molecule has 2 aliphatic heterocycles. The quantitative estimate of drug-likeness (QED) is 0.443. The number of hydrogen-bond donors (Lipinski definition) is 1. The molecule has 0 aliphatic carbocycles. The topological polar surface area (TPSA) is 125 Å². The first-order valence-corrected chi connectivity index (χ1v) is 14.8. The van der Waals surface area contributed by atoms with Crippen molar-refractivity contribution in [2.75, 3.05) is 39.7 Å². The third-order valence-electron chi connectivity index (χ3n) is 6.68. The van der Waals surface area contributed by atoms with Crippen molar-refractivity contribution < 1.29 is 36.4 Å². The molecular weight excluding hydrogens is 538 g/mol. The van der Waals surface area contributed by atoms with Crippen molar-refractivity contribution in [3.63, 3.8) is 0 Å². The SMILES string of the molecule is COc1cc(-c2cc3cc(CN4CCOCC4)ccc3n2C(=O)OC(C)(C)C)c2c(c1OS(C)(=O)=O)CNC2=O. The summed E-state index contributed by atoms with van der Waals surface area (Å²) in [6.07, 6.45) is 0.312. The summed E-state index contributed by atoms with van der Waals surface area (Å²) in [5.74, 6) is -0.362. The van der Waals surface area contributed by atoms with Crippen molar-refractivity contribution >= 4 is 33.0 Å². The molecule has 11 nitrogen and oxygen atoms in total. The Balaban J connectivity index is 1.71. The van der Waals surface area contributed by atoms with Gasteiger partial charge in [-0.2, -0.15) is 8.42 Å². The molecule has 0 radical (unpaired) electrons. The van der Waals surface area contributed by atoms with Crippen LogP contribution < -0.4 is 14.2 Å². The van der Waals surface area contributed by atoms with Gasteiger partial charge in [-0.15, -0.1) is 0 Å². The summed E-state index contributed by atoms with van der Waals surface area (Å²) in [5.41, 5.74) is 2.24. The molecule has 1 saturated heterocycles. The lowest BCUT2D eigenvalue weighted by Crippen LogP contribution is -2.35. The number of carbonyl (C=O) groups excluding carboxylic acids is 2. The highest BCUT2D eigenvalue weighted by Crippen LogP contribution is 2.44. The molecule has 3 heterocycles. The summed E-state index contributed by atoms with van der Waals surface area (Å²) in [7, 11) is -2.53. The van der Waals surface area contributed by atoms with E-state index in [0.29, 0.717) is 35.6 Å². The Hall–Kier alpha value is -3.61. The summed E-state index contributed by atoms with van der Waals surface area (Å²) in [6.45, 7) is 9.17. The fourth-order valence-corrected chi connectivity index (χ4v) is 5.54. The number of morpholine rings is 1. The van der Waals surface area contributed by atoms with Crippen molar-refractivity contribution in [1.29, 1.82) is 0 Å². The number of ether oxygens (including phenoxy) is 3. The number of carbonyl (C=O) groups is 2. The Bertz CT molecular complexity index is 1600. The van der Waals surface area contributed by atoms with Crippen LogP contribution >= 0.6 is 0 Å². The summed E-state index contributed by atoms with van der Waals surface area (Å²) in [5, 5.41) is 3.52. The number of rotatable bonds is 6. The smallest absolute Gasteiger partial charge is 0.419 e. The Morgan fingerprint density at radius 1 is 1.12 bits per heavy atom. The van der Waals surface area contributed by atoms with Gasteiger partial charge in [0.1, 0.15) is 5.60 Å². The van der Waals surface area contributed by atoms with Crippen LogP contribution in [0.5, 0.6) is 11.5 Å². The number of methoxy groups -OCH3 is 1. The molecule has 1 aromatic heterocycles. The van der Waals surface area contributed by atoms with Gasteiger partial charge in [0, 0.05) is 42.7 Å². The van der Waals surface area contributed by atoms with Gasteiger partial charge >= 0.3 is 16.2 Å². The Labute approximate surface area is 233 Å². The number of amides is 1. The van der Waals surface area contributed by atoms with Gasteiger partial charge in [0.15, 0.2) is 11.5 Å². The first-order chi connectivity index (χ1) is 18.8. The van der Waals surface area contributed by atoms with Gasteiger partial charge in [-0.25, -0.2) is 9.36 Å². The van der Waals surface area contributed by atoms with Crippen molar-refractivity contribution in [3.8, 4) is 22.8 Å². The zero-order chi connectivity index (χ0) is 28.8. The molecule has 12 heteroatoms. The van der Waals surface area contributed by atoms with Crippen molar-refractivity contribution in [1.82, 2.24) is 14.8 Å². The highest BCUT2D eigenvalue weighted by molar-refractivity contribution is 7.86. The third-order valence-corrected chi connectivity index (χ3v) is 7.15. The Kier molecular flexibility index (Phi) is 7.28. The van der Waals surface area contributed by atoms with Crippen LogP contribution in [0.2, 0.25) is 0 Å². The average molecular weight is 572 g/mol. The van der Waals surface area contributed by atoms with Crippen LogP contribution in [-0.2, 0) is 32.7 Å². The normalized spacial score (nSPS) is 16.1. The zero-order valence-corrected chi connectivity index (χ0v) is 24.0. The second-order valence-corrected chi connectivity index (χ2v) is 12.5. The molecule has 0 atom stereocenters. The van der Waals surface area contributed by atoms with Crippen LogP contribution in [-0.4, -0.2) is 75.2 Å². The minimum Gasteiger partial charge on any atom is -0.493 e. The molecule has 1 N–H and O–H groups in total. The first-order valence-electron chi connectivity index (χ1n) is 12.9. The van der Waals surface area contributed by atoms with Gasteiger partial charge in [0.05, 0.1) is 43.4 Å². The summed E-state index contributed by atoms with van der Waals surface area (Å²) in [4.78, 5) is 29.0. The molecule has 1 amide bonds. The van der Waals surface area contributed by atoms with Gasteiger partial charge in [0.25, 0.3) is 5.91 Å². The molecule has 0 bridgehead atoms. The molecule has 40 heavy (non-hydrogen) atoms. The molecule has 3 aromatic rings. The summed E-state index contributed by atoms with van der Waals surface area (Å²) >= 11 is 0. The lowest BCUT2D eigenvalue weighted by molar-refractivity contribution is 0.0342. The monoisotopic (exact) mass is 571 g/mol. The molecule has 5 rings (SSSR count). The van der Waals surface area contributed by atoms with Crippen LogP contribution in [0.1, 0.15) is 42.3 Å². The van der Waals surface area contributed by atoms with Crippen LogP contribution in [0, 0.1) is 0 Å². The van der Waals surface area contributed by atoms with E-state index in [0.717, 1.165) is 36.8 Å². The number of aromatic nitrogens is 1. The van der Waals surface area contributed by atoms with Crippen LogP contribution in [0.3, 0.4) is 0 Å². The summed E-state index contributed by atoms with van der Waals surface area (Å²) < 4.78 is 47.4. The van der Waals surface area contributed by atoms with E-state index in [1.54, 1.807) is 20.8 Å². The van der Waals surface area contributed by atoms with E-state index in [4.69, 9.17) is 18.4 Å². The minimum absolute atomic E-state index is 0.0413. The van der Waals surface area contributed by atoms with E-state index in [1.807, 2.05) is 24.3 Å². The number of hydrogen-bond acceptors (Lipinski definition) is 9. The number of benzene rings is 2. The summed E-state index contributed by atoms with van der Waals surface area (Å²) in [6, 6.07) is 9.22. The minimum atomic E-state index is -3.92. The second kappa shape index (κ2) is 10.4. The maximum Gasteiger partial charge on any atom is 0.419 e. The highest BCUT2D eigenvalue weighted by atomic mass is 32.2. The van der Waals surface area contributed by atoms with E-state index in [-0.39, 0.29) is 23.6 Å². The predicted octanol–water partition coefficient (Wildman–Crippen LogP) is 3.51. The molecule has 214 valence electrons. The molecule has 2 aromatic carbocycles. The van der Waals surface area contributed by atoms with E-state index < -0.39 is 27.7 Å². The number of fused-ring (bicyclic) bond motifs is 2. The molecule has 0 unspecified atom stereocenters. The van der Waals surface area contributed by atoms with Crippen LogP contribution in [0.15, 0.2) is 30.3 Å².